The lowest BCUT2D eigenvalue weighted by molar-refractivity contribution is -0.156. The number of hydrogen-bond acceptors (Lipinski definition) is 5. The van der Waals surface area contributed by atoms with Gasteiger partial charge >= 0.3 is 5.97 Å². The molecule has 6 atom stereocenters. The maximum absolute atomic E-state index is 13.1. The van der Waals surface area contributed by atoms with Crippen LogP contribution in [0.15, 0.2) is 47.6 Å². The molecule has 0 aromatic heterocycles. The molecule has 0 unspecified atom stereocenters. The van der Waals surface area contributed by atoms with Crippen LogP contribution in [-0.4, -0.2) is 47.2 Å². The lowest BCUT2D eigenvalue weighted by Crippen LogP contribution is -2.49. The second kappa shape index (κ2) is 15.2. The molecule has 3 aliphatic carbocycles. The molecule has 0 amide bonds. The third kappa shape index (κ3) is 9.28. The molecule has 0 aliphatic heterocycles. The first-order valence-electron chi connectivity index (χ1n) is 19.1. The van der Waals surface area contributed by atoms with E-state index in [1.807, 2.05) is 0 Å². The van der Waals surface area contributed by atoms with Gasteiger partial charge in [-0.05, 0) is 136 Å². The summed E-state index contributed by atoms with van der Waals surface area (Å²) < 4.78 is 19.3. The molecule has 5 nitrogen and oxygen atoms in total. The van der Waals surface area contributed by atoms with Gasteiger partial charge in [0.1, 0.15) is 5.41 Å². The van der Waals surface area contributed by atoms with E-state index < -0.39 is 28.0 Å². The monoisotopic (exact) mass is 712 g/mol. The molecule has 278 valence electrons. The predicted octanol–water partition coefficient (Wildman–Crippen LogP) is 11.5. The largest absolute Gasteiger partial charge is 0.465 e. The Morgan fingerprint density at radius 3 is 2.12 bits per heavy atom. The molecule has 0 spiro atoms. The van der Waals surface area contributed by atoms with Gasteiger partial charge in [0.25, 0.3) is 0 Å². The van der Waals surface area contributed by atoms with Crippen LogP contribution in [0.25, 0.3) is 0 Å². The summed E-state index contributed by atoms with van der Waals surface area (Å²) in [6.07, 6.45) is 16.2. The van der Waals surface area contributed by atoms with Crippen molar-refractivity contribution in [1.29, 1.82) is 0 Å². The molecular weight excluding hydrogens is 641 g/mol. The molecule has 3 aliphatic rings. The molecular formula is C42H72O5Si2. The van der Waals surface area contributed by atoms with Crippen LogP contribution in [0.3, 0.4) is 0 Å². The highest BCUT2D eigenvalue weighted by atomic mass is 28.4. The number of hydrogen-bond donors (Lipinski definition) is 0. The summed E-state index contributed by atoms with van der Waals surface area (Å²) in [7, 11) is -3.99. The van der Waals surface area contributed by atoms with E-state index in [4.69, 9.17) is 13.6 Å². The third-order valence-corrected chi connectivity index (χ3v) is 22.4. The molecule has 3 rings (SSSR count). The Hall–Kier alpha value is -1.55. The van der Waals surface area contributed by atoms with Crippen LogP contribution in [-0.2, 0) is 23.2 Å². The van der Waals surface area contributed by atoms with E-state index in [1.165, 1.54) is 24.8 Å². The van der Waals surface area contributed by atoms with Crippen LogP contribution >= 0.6 is 0 Å². The lowest BCUT2D eigenvalue weighted by Gasteiger charge is -2.45. The Labute approximate surface area is 303 Å². The Morgan fingerprint density at radius 1 is 0.959 bits per heavy atom. The van der Waals surface area contributed by atoms with E-state index >= 15 is 0 Å². The average Bonchev–Trinajstić information content (AvgIpc) is 3.32. The van der Waals surface area contributed by atoms with E-state index in [0.29, 0.717) is 11.8 Å². The third-order valence-electron chi connectivity index (χ3n) is 13.4. The highest BCUT2D eigenvalue weighted by Gasteiger charge is 2.51. The first-order valence-corrected chi connectivity index (χ1v) is 24.9. The first-order chi connectivity index (χ1) is 22.3. The molecule has 49 heavy (non-hydrogen) atoms. The molecule has 0 saturated heterocycles. The maximum atomic E-state index is 13.1. The van der Waals surface area contributed by atoms with Crippen LogP contribution in [0, 0.1) is 28.6 Å². The fraction of sp³-hybridized carbons (Fsp3) is 0.762. The number of carbonyl (C=O) groups excluding carboxylic acids is 2. The van der Waals surface area contributed by atoms with Gasteiger partial charge in [0.05, 0.1) is 18.8 Å². The number of ether oxygens (including phenoxy) is 1. The highest BCUT2D eigenvalue weighted by Crippen LogP contribution is 2.59. The SMILES string of the molecule is C=C1/C(=C\C=C2/CCC[C@]3(C)[C@@H]([C@H](C)/C=C/C(=O)C(C)(C)C(=O)OCC)CC[C@@H]23)C[C@@H](O[Si](C)(C)C(C)(C)C)C[C@@H]1O[Si](C)(C)C(C)(C)C. The van der Waals surface area contributed by atoms with Crippen molar-refractivity contribution >= 4 is 28.4 Å². The number of carbonyl (C=O) groups is 2. The summed E-state index contributed by atoms with van der Waals surface area (Å²) in [4.78, 5) is 25.5. The van der Waals surface area contributed by atoms with Gasteiger partial charge in [-0.1, -0.05) is 85.8 Å². The lowest BCUT2D eigenvalue weighted by atomic mass is 9.61. The van der Waals surface area contributed by atoms with Gasteiger partial charge in [-0.2, -0.15) is 0 Å². The minimum Gasteiger partial charge on any atom is -0.465 e. The normalized spacial score (nSPS) is 29.8. The first kappa shape index (κ1) is 41.9. The highest BCUT2D eigenvalue weighted by molar-refractivity contribution is 6.74. The number of allylic oxidation sites excluding steroid dienone is 5. The summed E-state index contributed by atoms with van der Waals surface area (Å²) in [6.45, 7) is 38.0. The average molecular weight is 713 g/mol. The molecule has 0 aromatic rings. The van der Waals surface area contributed by atoms with Crippen LogP contribution < -0.4 is 0 Å². The number of fused-ring (bicyclic) bond motifs is 1. The summed E-state index contributed by atoms with van der Waals surface area (Å²) in [6, 6.07) is 0. The van der Waals surface area contributed by atoms with Gasteiger partial charge in [0, 0.05) is 6.42 Å². The number of esters is 1. The second-order valence-electron chi connectivity index (χ2n) is 19.3. The van der Waals surface area contributed by atoms with Gasteiger partial charge in [-0.3, -0.25) is 9.59 Å². The summed E-state index contributed by atoms with van der Waals surface area (Å²) in [5.74, 6) is 0.610. The zero-order valence-corrected chi connectivity index (χ0v) is 36.1. The van der Waals surface area contributed by atoms with Crippen LogP contribution in [0.5, 0.6) is 0 Å². The standard InChI is InChI=1S/C42H72O5Si2/c1-17-45-38(44)41(10,11)37(43)25-20-29(2)34-23-24-35-31(19-18-26-42(34,35)12)21-22-32-27-33(46-48(13,14)39(4,5)6)28-36(30(32)3)47-49(15,16)40(7,8)9/h20-22,25,29,33-36H,3,17-19,23-24,26-28H2,1-2,4-16H3/b25-20+,31-21+,32-22-/t29-,33-,34-,35+,36+,42-/m1/s1. The molecule has 0 heterocycles. The molecule has 0 bridgehead atoms. The molecule has 0 radical (unpaired) electrons. The molecule has 3 saturated carbocycles. The van der Waals surface area contributed by atoms with Gasteiger partial charge in [-0.15, -0.1) is 0 Å². The smallest absolute Gasteiger partial charge is 0.319 e. The van der Waals surface area contributed by atoms with Crippen molar-refractivity contribution in [2.24, 2.45) is 28.6 Å². The number of ketones is 1. The van der Waals surface area contributed by atoms with Crippen LogP contribution in [0.2, 0.25) is 36.3 Å². The topological polar surface area (TPSA) is 61.8 Å². The summed E-state index contributed by atoms with van der Waals surface area (Å²) in [5.41, 5.74) is 2.98. The second-order valence-corrected chi connectivity index (χ2v) is 28.8. The molecule has 7 heteroatoms. The molecule has 0 N–H and O–H groups in total. The Balaban J connectivity index is 1.88. The zero-order chi connectivity index (χ0) is 37.4. The maximum Gasteiger partial charge on any atom is 0.319 e. The quantitative estimate of drug-likeness (QED) is 0.0923. The van der Waals surface area contributed by atoms with Crippen molar-refractivity contribution in [3.8, 4) is 0 Å². The zero-order valence-electron chi connectivity index (χ0n) is 34.1. The number of rotatable bonds is 11. The van der Waals surface area contributed by atoms with Crippen molar-refractivity contribution in [3.05, 3.63) is 47.6 Å². The van der Waals surface area contributed by atoms with Crippen molar-refractivity contribution in [2.75, 3.05) is 6.61 Å². The summed E-state index contributed by atoms with van der Waals surface area (Å²) in [5, 5.41) is 0.264. The molecule has 3 fully saturated rings. The van der Waals surface area contributed by atoms with Gasteiger partial charge < -0.3 is 13.6 Å². The van der Waals surface area contributed by atoms with Crippen molar-refractivity contribution in [1.82, 2.24) is 0 Å². The minimum absolute atomic E-state index is 0.0225. The predicted molar refractivity (Wildman–Crippen MR) is 211 cm³/mol. The van der Waals surface area contributed by atoms with E-state index in [-0.39, 0.29) is 46.0 Å². The van der Waals surface area contributed by atoms with Gasteiger partial charge in [-0.25, -0.2) is 0 Å². The Morgan fingerprint density at radius 2 is 1.55 bits per heavy atom. The van der Waals surface area contributed by atoms with E-state index in [9.17, 15) is 9.59 Å². The van der Waals surface area contributed by atoms with Crippen molar-refractivity contribution in [2.45, 2.75) is 170 Å². The van der Waals surface area contributed by atoms with Gasteiger partial charge in [0.15, 0.2) is 22.4 Å². The Kier molecular flexibility index (Phi) is 13.0. The minimum atomic E-state index is -2.02. The Bertz CT molecular complexity index is 1320. The van der Waals surface area contributed by atoms with Crippen LogP contribution in [0.1, 0.15) is 121 Å². The van der Waals surface area contributed by atoms with E-state index in [2.05, 4.69) is 106 Å². The van der Waals surface area contributed by atoms with E-state index in [1.54, 1.807) is 32.4 Å². The van der Waals surface area contributed by atoms with E-state index in [0.717, 1.165) is 31.3 Å². The van der Waals surface area contributed by atoms with Gasteiger partial charge in [0.2, 0.25) is 0 Å². The van der Waals surface area contributed by atoms with Crippen LogP contribution in [0.4, 0.5) is 0 Å². The van der Waals surface area contributed by atoms with Crippen molar-refractivity contribution < 1.29 is 23.2 Å². The fourth-order valence-electron chi connectivity index (χ4n) is 7.90. The fourth-order valence-corrected chi connectivity index (χ4v) is 10.6. The van der Waals surface area contributed by atoms with Crippen molar-refractivity contribution in [3.63, 3.8) is 0 Å². The summed E-state index contributed by atoms with van der Waals surface area (Å²) >= 11 is 0. The molecule has 0 aromatic carbocycles.